The van der Waals surface area contributed by atoms with Crippen LogP contribution in [-0.2, 0) is 14.3 Å². The van der Waals surface area contributed by atoms with Gasteiger partial charge in [-0.1, -0.05) is 42.5 Å². The van der Waals surface area contributed by atoms with E-state index in [9.17, 15) is 23.6 Å². The average molecular weight is 568 g/mol. The van der Waals surface area contributed by atoms with Crippen LogP contribution < -0.4 is 0 Å². The number of piperidine rings is 1. The molecule has 2 aromatic rings. The van der Waals surface area contributed by atoms with E-state index in [1.54, 1.807) is 73.0 Å². The van der Waals surface area contributed by atoms with Crippen LogP contribution in [0.3, 0.4) is 0 Å². The molecule has 41 heavy (non-hydrogen) atoms. The monoisotopic (exact) mass is 567 g/mol. The molecule has 2 fully saturated rings. The summed E-state index contributed by atoms with van der Waals surface area (Å²) in [5.41, 5.74) is 0.223. The molecular weight excluding hydrogens is 529 g/mol. The zero-order valence-corrected chi connectivity index (χ0v) is 24.0. The van der Waals surface area contributed by atoms with Crippen LogP contribution in [-0.4, -0.2) is 82.5 Å². The Kier molecular flexibility index (Phi) is 9.30. The lowest BCUT2D eigenvalue weighted by atomic mass is 9.90. The van der Waals surface area contributed by atoms with Crippen LogP contribution in [0.15, 0.2) is 54.6 Å². The van der Waals surface area contributed by atoms with E-state index in [0.717, 1.165) is 0 Å². The zero-order valence-electron chi connectivity index (χ0n) is 24.0. The van der Waals surface area contributed by atoms with E-state index in [0.29, 0.717) is 37.9 Å². The SMILES string of the molecule is CC1CN(C(=O)OC(C)(C)C)CCN1C(=O)OCC1CCC[C@@H](c2cccc(F)c2)N1C(=O)C(=O)c1ccccc1. The van der Waals surface area contributed by atoms with Crippen molar-refractivity contribution in [3.63, 3.8) is 0 Å². The fourth-order valence-electron chi connectivity index (χ4n) is 5.39. The van der Waals surface area contributed by atoms with E-state index in [2.05, 4.69) is 0 Å². The molecule has 10 heteroatoms. The maximum atomic E-state index is 14.1. The van der Waals surface area contributed by atoms with Gasteiger partial charge in [0.15, 0.2) is 0 Å². The molecule has 0 spiro atoms. The molecule has 0 N–H and O–H groups in total. The fourth-order valence-corrected chi connectivity index (χ4v) is 5.39. The molecule has 2 aromatic carbocycles. The largest absolute Gasteiger partial charge is 0.447 e. The number of amides is 3. The number of carbonyl (C=O) groups excluding carboxylic acids is 4. The van der Waals surface area contributed by atoms with Gasteiger partial charge in [-0.05, 0) is 64.7 Å². The lowest BCUT2D eigenvalue weighted by Crippen LogP contribution is -2.57. The van der Waals surface area contributed by atoms with Crippen molar-refractivity contribution in [1.82, 2.24) is 14.7 Å². The Hall–Kier alpha value is -3.95. The van der Waals surface area contributed by atoms with Crippen molar-refractivity contribution in [1.29, 1.82) is 0 Å². The van der Waals surface area contributed by atoms with Crippen molar-refractivity contribution in [2.45, 2.75) is 70.7 Å². The van der Waals surface area contributed by atoms with Crippen molar-refractivity contribution >= 4 is 23.9 Å². The number of halogens is 1. The van der Waals surface area contributed by atoms with Crippen molar-refractivity contribution in [3.8, 4) is 0 Å². The summed E-state index contributed by atoms with van der Waals surface area (Å²) >= 11 is 0. The van der Waals surface area contributed by atoms with E-state index in [-0.39, 0.29) is 24.8 Å². The molecule has 3 amide bonds. The third kappa shape index (κ3) is 7.42. The van der Waals surface area contributed by atoms with Gasteiger partial charge in [-0.3, -0.25) is 9.59 Å². The highest BCUT2D eigenvalue weighted by atomic mass is 19.1. The van der Waals surface area contributed by atoms with Crippen molar-refractivity contribution in [3.05, 3.63) is 71.5 Å². The van der Waals surface area contributed by atoms with Gasteiger partial charge < -0.3 is 24.2 Å². The Bertz CT molecular complexity index is 1260. The van der Waals surface area contributed by atoms with Crippen LogP contribution in [0.5, 0.6) is 0 Å². The summed E-state index contributed by atoms with van der Waals surface area (Å²) in [7, 11) is 0. The number of benzene rings is 2. The quantitative estimate of drug-likeness (QED) is 0.364. The van der Waals surface area contributed by atoms with Gasteiger partial charge >= 0.3 is 12.2 Å². The van der Waals surface area contributed by atoms with Crippen molar-refractivity contribution in [2.75, 3.05) is 26.2 Å². The first-order chi connectivity index (χ1) is 19.4. The molecule has 220 valence electrons. The number of rotatable bonds is 5. The molecule has 0 saturated carbocycles. The Morgan fingerprint density at radius 3 is 2.34 bits per heavy atom. The molecular formula is C31H38FN3O6. The number of piperazine rings is 1. The van der Waals surface area contributed by atoms with Gasteiger partial charge in [0.1, 0.15) is 18.0 Å². The third-order valence-corrected chi connectivity index (χ3v) is 7.36. The standard InChI is InChI=1S/C31H38FN3O6/c1-21-19-33(29(38)41-31(2,3)4)16-17-34(21)30(39)40-20-25-14-9-15-26(23-12-8-13-24(32)18-23)35(25)28(37)27(36)22-10-6-5-7-11-22/h5-8,10-13,18,21,25-26H,9,14-17,19-20H2,1-4H3/t21?,25?,26-/m0/s1. The number of carbonyl (C=O) groups is 4. The van der Waals surface area contributed by atoms with E-state index < -0.39 is 47.4 Å². The van der Waals surface area contributed by atoms with E-state index >= 15 is 0 Å². The van der Waals surface area contributed by atoms with Crippen LogP contribution in [0.4, 0.5) is 14.0 Å². The van der Waals surface area contributed by atoms with E-state index in [1.165, 1.54) is 17.0 Å². The van der Waals surface area contributed by atoms with Crippen LogP contribution in [0.25, 0.3) is 0 Å². The molecule has 9 nitrogen and oxygen atoms in total. The lowest BCUT2D eigenvalue weighted by molar-refractivity contribution is -0.135. The van der Waals surface area contributed by atoms with E-state index in [4.69, 9.17) is 9.47 Å². The minimum Gasteiger partial charge on any atom is -0.447 e. The highest BCUT2D eigenvalue weighted by molar-refractivity contribution is 6.42. The Morgan fingerprint density at radius 1 is 0.951 bits per heavy atom. The van der Waals surface area contributed by atoms with Crippen LogP contribution in [0, 0.1) is 5.82 Å². The smallest absolute Gasteiger partial charge is 0.410 e. The third-order valence-electron chi connectivity index (χ3n) is 7.36. The van der Waals surface area contributed by atoms with Gasteiger partial charge in [0.05, 0.1) is 18.1 Å². The zero-order chi connectivity index (χ0) is 29.7. The summed E-state index contributed by atoms with van der Waals surface area (Å²) in [6.07, 6.45) is 0.786. The number of Topliss-reactive ketones (excluding diaryl/α,β-unsaturated/α-hetero) is 1. The second kappa shape index (κ2) is 12.7. The number of ketones is 1. The second-order valence-corrected chi connectivity index (χ2v) is 11.6. The molecule has 0 aliphatic carbocycles. The molecule has 0 aromatic heterocycles. The minimum atomic E-state index is -0.717. The Balaban J connectivity index is 1.47. The maximum Gasteiger partial charge on any atom is 0.410 e. The van der Waals surface area contributed by atoms with Crippen LogP contribution in [0.1, 0.15) is 68.9 Å². The molecule has 4 rings (SSSR count). The molecule has 2 heterocycles. The van der Waals surface area contributed by atoms with Gasteiger partial charge in [-0.15, -0.1) is 0 Å². The second-order valence-electron chi connectivity index (χ2n) is 11.6. The first-order valence-corrected chi connectivity index (χ1v) is 14.0. The average Bonchev–Trinajstić information content (AvgIpc) is 2.94. The normalized spacial score (nSPS) is 21.3. The summed E-state index contributed by atoms with van der Waals surface area (Å²) in [6, 6.07) is 12.9. The van der Waals surface area contributed by atoms with Gasteiger partial charge in [-0.2, -0.15) is 0 Å². The fraction of sp³-hybridized carbons (Fsp3) is 0.484. The molecule has 2 saturated heterocycles. The molecule has 2 unspecified atom stereocenters. The number of hydrogen-bond donors (Lipinski definition) is 0. The lowest BCUT2D eigenvalue weighted by Gasteiger charge is -2.43. The summed E-state index contributed by atoms with van der Waals surface area (Å²) in [6.45, 7) is 7.98. The Labute approximate surface area is 240 Å². The van der Waals surface area contributed by atoms with Crippen molar-refractivity contribution in [2.24, 2.45) is 0 Å². The van der Waals surface area contributed by atoms with Gasteiger partial charge in [0, 0.05) is 25.2 Å². The summed E-state index contributed by atoms with van der Waals surface area (Å²) < 4.78 is 25.3. The predicted octanol–water partition coefficient (Wildman–Crippen LogP) is 5.21. The van der Waals surface area contributed by atoms with Gasteiger partial charge in [0.2, 0.25) is 5.78 Å². The Morgan fingerprint density at radius 2 is 1.68 bits per heavy atom. The van der Waals surface area contributed by atoms with Gasteiger partial charge in [-0.25, -0.2) is 14.0 Å². The number of hydrogen-bond acceptors (Lipinski definition) is 6. The number of nitrogens with zero attached hydrogens (tertiary/aromatic N) is 3. The number of ether oxygens (including phenoxy) is 2. The highest BCUT2D eigenvalue weighted by Crippen LogP contribution is 2.35. The maximum absolute atomic E-state index is 14.1. The molecule has 2 aliphatic heterocycles. The molecule has 2 aliphatic rings. The number of likely N-dealkylation sites (tertiary alicyclic amines) is 1. The molecule has 3 atom stereocenters. The summed E-state index contributed by atoms with van der Waals surface area (Å²) in [5.74, 6) is -1.82. The van der Waals surface area contributed by atoms with E-state index in [1.807, 2.05) is 6.92 Å². The van der Waals surface area contributed by atoms with Gasteiger partial charge in [0.25, 0.3) is 5.91 Å². The summed E-state index contributed by atoms with van der Waals surface area (Å²) in [4.78, 5) is 57.1. The molecule has 0 radical (unpaired) electrons. The molecule has 0 bridgehead atoms. The highest BCUT2D eigenvalue weighted by Gasteiger charge is 2.40. The summed E-state index contributed by atoms with van der Waals surface area (Å²) in [5, 5.41) is 0. The predicted molar refractivity (Wildman–Crippen MR) is 150 cm³/mol. The minimum absolute atomic E-state index is 0.114. The van der Waals surface area contributed by atoms with Crippen LogP contribution in [0.2, 0.25) is 0 Å². The van der Waals surface area contributed by atoms with Crippen LogP contribution >= 0.6 is 0 Å². The van der Waals surface area contributed by atoms with Crippen molar-refractivity contribution < 1.29 is 33.0 Å². The first-order valence-electron chi connectivity index (χ1n) is 14.0. The first kappa shape index (κ1) is 30.0. The topological polar surface area (TPSA) is 96.5 Å².